The maximum atomic E-state index is 13.0. The van der Waals surface area contributed by atoms with Crippen LogP contribution in [0, 0.1) is 0 Å². The first-order chi connectivity index (χ1) is 19.1. The number of anilines is 3. The minimum atomic E-state index is -0.388. The van der Waals surface area contributed by atoms with Gasteiger partial charge >= 0.3 is 6.03 Å². The fourth-order valence-corrected chi connectivity index (χ4v) is 5.56. The van der Waals surface area contributed by atoms with Crippen LogP contribution in [0.4, 0.5) is 21.9 Å². The van der Waals surface area contributed by atoms with Gasteiger partial charge in [-0.15, -0.1) is 11.8 Å². The third-order valence-electron chi connectivity index (χ3n) is 6.57. The van der Waals surface area contributed by atoms with E-state index in [1.54, 1.807) is 22.0 Å². The maximum absolute atomic E-state index is 13.0. The van der Waals surface area contributed by atoms with Crippen LogP contribution in [0.25, 0.3) is 22.0 Å². The lowest BCUT2D eigenvalue weighted by atomic mass is 10.1. The average molecular weight is 539 g/mol. The molecule has 0 saturated carbocycles. The Balaban J connectivity index is 1.20. The van der Waals surface area contributed by atoms with E-state index in [2.05, 4.69) is 20.7 Å². The molecule has 9 nitrogen and oxygen atoms in total. The van der Waals surface area contributed by atoms with E-state index in [0.717, 1.165) is 38.2 Å². The number of benzene rings is 3. The van der Waals surface area contributed by atoms with Crippen LogP contribution in [0.3, 0.4) is 0 Å². The van der Waals surface area contributed by atoms with E-state index in [-0.39, 0.29) is 18.5 Å². The summed E-state index contributed by atoms with van der Waals surface area (Å²) in [6.45, 7) is 0.921. The number of thioether (sulfide) groups is 1. The molecule has 39 heavy (non-hydrogen) atoms. The number of H-pyrrole nitrogens is 1. The molecule has 10 heteroatoms. The van der Waals surface area contributed by atoms with Gasteiger partial charge in [0.15, 0.2) is 0 Å². The number of aliphatic hydroxyl groups is 1. The van der Waals surface area contributed by atoms with E-state index in [4.69, 9.17) is 5.11 Å². The largest absolute Gasteiger partial charge is 0.394 e. The van der Waals surface area contributed by atoms with Crippen LogP contribution in [0.2, 0.25) is 0 Å². The predicted octanol–water partition coefficient (Wildman–Crippen LogP) is 5.31. The monoisotopic (exact) mass is 538 g/mol. The number of hydrogen-bond donors (Lipinski definition) is 4. The van der Waals surface area contributed by atoms with Crippen LogP contribution >= 0.6 is 11.8 Å². The van der Waals surface area contributed by atoms with Gasteiger partial charge in [0.05, 0.1) is 43.0 Å². The highest BCUT2D eigenvalue weighted by Crippen LogP contribution is 2.38. The van der Waals surface area contributed by atoms with Gasteiger partial charge in [0.2, 0.25) is 5.91 Å². The molecule has 0 atom stereocenters. The lowest BCUT2D eigenvalue weighted by Gasteiger charge is -2.29. The molecule has 5 aromatic rings. The van der Waals surface area contributed by atoms with Crippen molar-refractivity contribution in [2.24, 2.45) is 0 Å². The number of hydrogen-bond acceptors (Lipinski definition) is 5. The summed E-state index contributed by atoms with van der Waals surface area (Å²) in [6, 6.07) is 21.0. The fourth-order valence-electron chi connectivity index (χ4n) is 4.64. The molecule has 0 saturated heterocycles. The summed E-state index contributed by atoms with van der Waals surface area (Å²) in [5.41, 5.74) is 5.82. The predicted molar refractivity (Wildman–Crippen MR) is 154 cm³/mol. The number of urea groups is 1. The second kappa shape index (κ2) is 10.7. The quantitative estimate of drug-likeness (QED) is 0.224. The summed E-state index contributed by atoms with van der Waals surface area (Å²) < 4.78 is 1.69. The molecule has 1 aliphatic heterocycles. The van der Waals surface area contributed by atoms with Gasteiger partial charge in [-0.2, -0.15) is 5.10 Å². The van der Waals surface area contributed by atoms with Crippen LogP contribution in [0.5, 0.6) is 0 Å². The standard InChI is InChI=1S/C29H26N6O3S/c36-11-10-34-17-21(14-31-34)20-6-8-24-23(12-20)25(15-30-24)33-29(38)32-22-7-9-27-26(13-22)35(28(37)18-39-27)16-19-4-2-1-3-5-19/h1-9,12-15,17,30,36H,10-11,16,18H2,(H2,32,33,38). The van der Waals surface area contributed by atoms with Crippen molar-refractivity contribution >= 4 is 51.7 Å². The topological polar surface area (TPSA) is 115 Å². The SMILES string of the molecule is O=C(Nc1ccc2c(c1)N(Cc1ccccc1)C(=O)CS2)Nc1c[nH]c2ccc(-c3cnn(CCO)c3)cc12. The van der Waals surface area contributed by atoms with Crippen molar-refractivity contribution in [3.63, 3.8) is 0 Å². The van der Waals surface area contributed by atoms with Crippen molar-refractivity contribution in [2.75, 3.05) is 27.9 Å². The highest BCUT2D eigenvalue weighted by molar-refractivity contribution is 8.00. The summed E-state index contributed by atoms with van der Waals surface area (Å²) in [7, 11) is 0. The van der Waals surface area contributed by atoms with Crippen LogP contribution in [-0.4, -0.2) is 44.2 Å². The van der Waals surface area contributed by atoms with Gasteiger partial charge in [-0.1, -0.05) is 36.4 Å². The molecule has 0 fully saturated rings. The number of rotatable bonds is 7. The van der Waals surface area contributed by atoms with E-state index < -0.39 is 0 Å². The number of fused-ring (bicyclic) bond motifs is 2. The van der Waals surface area contributed by atoms with E-state index in [0.29, 0.717) is 30.2 Å². The van der Waals surface area contributed by atoms with Gasteiger partial charge in [0.1, 0.15) is 0 Å². The second-order valence-corrected chi connectivity index (χ2v) is 10.2. The van der Waals surface area contributed by atoms with Crippen LogP contribution in [-0.2, 0) is 17.9 Å². The van der Waals surface area contributed by atoms with E-state index in [1.807, 2.05) is 72.9 Å². The van der Waals surface area contributed by atoms with Crippen LogP contribution in [0.1, 0.15) is 5.56 Å². The van der Waals surface area contributed by atoms with Gasteiger partial charge in [0.25, 0.3) is 0 Å². The minimum Gasteiger partial charge on any atom is -0.394 e. The first-order valence-electron chi connectivity index (χ1n) is 12.5. The van der Waals surface area contributed by atoms with Crippen molar-refractivity contribution in [1.29, 1.82) is 0 Å². The molecule has 1 aliphatic rings. The molecule has 0 aliphatic carbocycles. The van der Waals surface area contributed by atoms with Crippen LogP contribution in [0.15, 0.2) is 90.2 Å². The zero-order valence-corrected chi connectivity index (χ0v) is 21.7. The molecule has 0 unspecified atom stereocenters. The molecule has 4 N–H and O–H groups in total. The summed E-state index contributed by atoms with van der Waals surface area (Å²) in [5, 5.41) is 20.1. The van der Waals surface area contributed by atoms with E-state index in [1.165, 1.54) is 11.8 Å². The Hall–Kier alpha value is -4.54. The molecule has 3 amide bonds. The normalized spacial score (nSPS) is 12.9. The maximum Gasteiger partial charge on any atom is 0.323 e. The molecule has 3 heterocycles. The van der Waals surface area contributed by atoms with Gasteiger partial charge in [0, 0.05) is 39.4 Å². The first kappa shape index (κ1) is 24.8. The summed E-state index contributed by atoms with van der Waals surface area (Å²) in [6.07, 6.45) is 5.39. The number of nitrogens with zero attached hydrogens (tertiary/aromatic N) is 3. The zero-order valence-electron chi connectivity index (χ0n) is 20.9. The smallest absolute Gasteiger partial charge is 0.323 e. The Morgan fingerprint density at radius 3 is 2.77 bits per heavy atom. The number of amides is 3. The Labute approximate surface area is 228 Å². The number of aliphatic hydroxyl groups excluding tert-OH is 1. The van der Waals surface area contributed by atoms with Crippen molar-refractivity contribution < 1.29 is 14.7 Å². The number of carbonyl (C=O) groups excluding carboxylic acids is 2. The number of aromatic amines is 1. The average Bonchev–Trinajstić information content (AvgIpc) is 3.58. The van der Waals surface area contributed by atoms with E-state index in [9.17, 15) is 9.59 Å². The Morgan fingerprint density at radius 1 is 1.05 bits per heavy atom. The summed E-state index contributed by atoms with van der Waals surface area (Å²) in [4.78, 5) is 31.7. The molecule has 6 rings (SSSR count). The van der Waals surface area contributed by atoms with E-state index >= 15 is 0 Å². The number of aromatic nitrogens is 3. The molecule has 3 aromatic carbocycles. The highest BCUT2D eigenvalue weighted by atomic mass is 32.2. The number of nitrogens with one attached hydrogen (secondary N) is 3. The van der Waals surface area contributed by atoms with Crippen LogP contribution < -0.4 is 15.5 Å². The third-order valence-corrected chi connectivity index (χ3v) is 7.62. The highest BCUT2D eigenvalue weighted by Gasteiger charge is 2.25. The number of carbonyl (C=O) groups is 2. The first-order valence-corrected chi connectivity index (χ1v) is 13.5. The van der Waals surface area contributed by atoms with Gasteiger partial charge in [-0.25, -0.2) is 4.79 Å². The Kier molecular flexibility index (Phi) is 6.78. The Bertz CT molecular complexity index is 1660. The molecule has 0 radical (unpaired) electrons. The molecular weight excluding hydrogens is 512 g/mol. The Morgan fingerprint density at radius 2 is 1.92 bits per heavy atom. The second-order valence-electron chi connectivity index (χ2n) is 9.19. The zero-order chi connectivity index (χ0) is 26.8. The van der Waals surface area contributed by atoms with Gasteiger partial charge in [-0.05, 0) is 41.5 Å². The van der Waals surface area contributed by atoms with Crippen molar-refractivity contribution in [3.05, 3.63) is 90.9 Å². The minimum absolute atomic E-state index is 0.0194. The lowest BCUT2D eigenvalue weighted by Crippen LogP contribution is -2.34. The van der Waals surface area contributed by atoms with Crippen molar-refractivity contribution in [2.45, 2.75) is 18.0 Å². The molecule has 2 aromatic heterocycles. The fraction of sp³-hybridized carbons (Fsp3) is 0.138. The summed E-state index contributed by atoms with van der Waals surface area (Å²) in [5.74, 6) is 0.423. The molecule has 0 bridgehead atoms. The van der Waals surface area contributed by atoms with Crippen molar-refractivity contribution in [3.8, 4) is 11.1 Å². The molecular formula is C29H26N6O3S. The lowest BCUT2D eigenvalue weighted by molar-refractivity contribution is -0.116. The van der Waals surface area contributed by atoms with Gasteiger partial charge in [-0.3, -0.25) is 9.48 Å². The third kappa shape index (κ3) is 5.25. The molecule has 196 valence electrons. The van der Waals surface area contributed by atoms with Crippen molar-refractivity contribution in [1.82, 2.24) is 14.8 Å². The summed E-state index contributed by atoms with van der Waals surface area (Å²) >= 11 is 1.51. The van der Waals surface area contributed by atoms with Gasteiger partial charge < -0.3 is 25.6 Å². The molecule has 0 spiro atoms.